The topological polar surface area (TPSA) is 26.3 Å². The summed E-state index contributed by atoms with van der Waals surface area (Å²) < 4.78 is 4.84. The van der Waals surface area contributed by atoms with Gasteiger partial charge in [0.05, 0.1) is 13.0 Å². The van der Waals surface area contributed by atoms with Crippen LogP contribution in [0.5, 0.6) is 0 Å². The highest BCUT2D eigenvalue weighted by Crippen LogP contribution is 2.21. The third-order valence-electron chi connectivity index (χ3n) is 1.94. The monoisotopic (exact) mass is 200 g/mol. The minimum atomic E-state index is -0.106. The molecule has 74 valence electrons. The third-order valence-corrected chi connectivity index (χ3v) is 3.09. The molecule has 0 unspecified atom stereocenters. The van der Waals surface area contributed by atoms with Gasteiger partial charge in [0.1, 0.15) is 0 Å². The molecule has 0 atom stereocenters. The van der Waals surface area contributed by atoms with Crippen molar-refractivity contribution in [1.82, 2.24) is 0 Å². The molecule has 0 spiro atoms. The van der Waals surface area contributed by atoms with Gasteiger partial charge in [-0.25, -0.2) is 0 Å². The van der Waals surface area contributed by atoms with Crippen LogP contribution in [0.2, 0.25) is 0 Å². The summed E-state index contributed by atoms with van der Waals surface area (Å²) in [7, 11) is 0. The van der Waals surface area contributed by atoms with Crippen LogP contribution in [0.15, 0.2) is 11.6 Å². The molecule has 1 aliphatic heterocycles. The Morgan fingerprint density at radius 3 is 3.15 bits per heavy atom. The van der Waals surface area contributed by atoms with Crippen LogP contribution in [0.4, 0.5) is 0 Å². The molecule has 13 heavy (non-hydrogen) atoms. The van der Waals surface area contributed by atoms with Gasteiger partial charge in [0.15, 0.2) is 0 Å². The molecule has 0 radical (unpaired) electrons. The zero-order valence-electron chi connectivity index (χ0n) is 8.04. The summed E-state index contributed by atoms with van der Waals surface area (Å²) in [5.41, 5.74) is 1.41. The zero-order chi connectivity index (χ0) is 9.52. The van der Waals surface area contributed by atoms with E-state index in [1.54, 1.807) is 0 Å². The van der Waals surface area contributed by atoms with Gasteiger partial charge in [-0.1, -0.05) is 11.6 Å². The number of hydrogen-bond donors (Lipinski definition) is 0. The van der Waals surface area contributed by atoms with Gasteiger partial charge in [-0.2, -0.15) is 11.8 Å². The fourth-order valence-corrected chi connectivity index (χ4v) is 2.30. The van der Waals surface area contributed by atoms with Crippen LogP contribution in [-0.2, 0) is 9.53 Å². The minimum absolute atomic E-state index is 0.106. The van der Waals surface area contributed by atoms with Crippen molar-refractivity contribution >= 4 is 17.7 Å². The SMILES string of the molecule is CCOC(=O)CC=C1CCCSC1. The number of carbonyl (C=O) groups is 1. The number of rotatable bonds is 3. The largest absolute Gasteiger partial charge is 0.466 e. The first kappa shape index (κ1) is 10.6. The molecule has 0 bridgehead atoms. The predicted molar refractivity (Wildman–Crippen MR) is 55.9 cm³/mol. The average molecular weight is 200 g/mol. The standard InChI is InChI=1S/C10H16O2S/c1-2-12-10(11)6-5-9-4-3-7-13-8-9/h5H,2-4,6-8H2,1H3. The maximum Gasteiger partial charge on any atom is 0.309 e. The second kappa shape index (κ2) is 6.08. The van der Waals surface area contributed by atoms with Gasteiger partial charge in [-0.15, -0.1) is 0 Å². The molecule has 3 heteroatoms. The minimum Gasteiger partial charge on any atom is -0.466 e. The van der Waals surface area contributed by atoms with E-state index >= 15 is 0 Å². The van der Waals surface area contributed by atoms with Crippen LogP contribution < -0.4 is 0 Å². The van der Waals surface area contributed by atoms with Crippen LogP contribution >= 0.6 is 11.8 Å². The Morgan fingerprint density at radius 2 is 2.54 bits per heavy atom. The van der Waals surface area contributed by atoms with Crippen LogP contribution in [0, 0.1) is 0 Å². The van der Waals surface area contributed by atoms with Crippen molar-refractivity contribution in [1.29, 1.82) is 0 Å². The Balaban J connectivity index is 2.25. The van der Waals surface area contributed by atoms with E-state index in [4.69, 9.17) is 4.74 Å². The summed E-state index contributed by atoms with van der Waals surface area (Å²) in [6.07, 6.45) is 4.89. The summed E-state index contributed by atoms with van der Waals surface area (Å²) in [4.78, 5) is 11.0. The lowest BCUT2D eigenvalue weighted by Gasteiger charge is -2.12. The molecule has 0 aliphatic carbocycles. The van der Waals surface area contributed by atoms with Gasteiger partial charge in [-0.05, 0) is 25.5 Å². The normalized spacial score (nSPS) is 20.2. The maximum absolute atomic E-state index is 11.0. The molecule has 0 N–H and O–H groups in total. The zero-order valence-corrected chi connectivity index (χ0v) is 8.86. The third kappa shape index (κ3) is 4.36. The van der Waals surface area contributed by atoms with Crippen molar-refractivity contribution in [3.63, 3.8) is 0 Å². The lowest BCUT2D eigenvalue weighted by atomic mass is 10.1. The molecule has 1 rings (SSSR count). The van der Waals surface area contributed by atoms with Crippen molar-refractivity contribution < 1.29 is 9.53 Å². The van der Waals surface area contributed by atoms with E-state index < -0.39 is 0 Å². The molecule has 1 saturated heterocycles. The van der Waals surface area contributed by atoms with Crippen molar-refractivity contribution in [2.75, 3.05) is 18.1 Å². The highest BCUT2D eigenvalue weighted by Gasteiger charge is 2.06. The van der Waals surface area contributed by atoms with E-state index in [9.17, 15) is 4.79 Å². The molecule has 0 amide bonds. The van der Waals surface area contributed by atoms with Gasteiger partial charge >= 0.3 is 5.97 Å². The molecule has 1 heterocycles. The maximum atomic E-state index is 11.0. The first-order valence-electron chi connectivity index (χ1n) is 4.74. The van der Waals surface area contributed by atoms with Crippen molar-refractivity contribution in [2.24, 2.45) is 0 Å². The molecule has 0 aromatic heterocycles. The Kier molecular flexibility index (Phi) is 4.98. The second-order valence-electron chi connectivity index (χ2n) is 3.03. The van der Waals surface area contributed by atoms with E-state index in [1.165, 1.54) is 17.7 Å². The Bertz CT molecular complexity index is 191. The summed E-state index contributed by atoms with van der Waals surface area (Å²) in [6, 6.07) is 0. The molecular weight excluding hydrogens is 184 g/mol. The second-order valence-corrected chi connectivity index (χ2v) is 4.13. The summed E-state index contributed by atoms with van der Waals surface area (Å²) >= 11 is 1.95. The highest BCUT2D eigenvalue weighted by molar-refractivity contribution is 7.99. The van der Waals surface area contributed by atoms with Crippen LogP contribution in [0.25, 0.3) is 0 Å². The van der Waals surface area contributed by atoms with E-state index in [0.29, 0.717) is 13.0 Å². The fourth-order valence-electron chi connectivity index (χ4n) is 1.29. The van der Waals surface area contributed by atoms with Gasteiger partial charge in [-0.3, -0.25) is 4.79 Å². The van der Waals surface area contributed by atoms with Crippen molar-refractivity contribution in [2.45, 2.75) is 26.2 Å². The first-order valence-corrected chi connectivity index (χ1v) is 5.89. The van der Waals surface area contributed by atoms with Crippen LogP contribution in [0.3, 0.4) is 0 Å². The lowest BCUT2D eigenvalue weighted by Crippen LogP contribution is -2.04. The molecule has 2 nitrogen and oxygen atoms in total. The van der Waals surface area contributed by atoms with E-state index in [0.717, 1.165) is 12.2 Å². The molecule has 1 aliphatic rings. The first-order chi connectivity index (χ1) is 6.33. The van der Waals surface area contributed by atoms with Crippen molar-refractivity contribution in [3.8, 4) is 0 Å². The smallest absolute Gasteiger partial charge is 0.309 e. The Morgan fingerprint density at radius 1 is 1.69 bits per heavy atom. The van der Waals surface area contributed by atoms with Gasteiger partial charge < -0.3 is 4.74 Å². The quantitative estimate of drug-likeness (QED) is 0.517. The number of ether oxygens (including phenoxy) is 1. The molecule has 0 aromatic carbocycles. The predicted octanol–water partition coefficient (Wildman–Crippen LogP) is 2.39. The van der Waals surface area contributed by atoms with Gasteiger partial charge in [0, 0.05) is 5.75 Å². The number of carbonyl (C=O) groups excluding carboxylic acids is 1. The Labute approximate surface area is 83.7 Å². The van der Waals surface area contributed by atoms with Crippen molar-refractivity contribution in [3.05, 3.63) is 11.6 Å². The van der Waals surface area contributed by atoms with Crippen LogP contribution in [0.1, 0.15) is 26.2 Å². The van der Waals surface area contributed by atoms with Gasteiger partial charge in [0.25, 0.3) is 0 Å². The summed E-state index contributed by atoms with van der Waals surface area (Å²) in [5, 5.41) is 0. The summed E-state index contributed by atoms with van der Waals surface area (Å²) in [5.74, 6) is 2.25. The number of esters is 1. The fraction of sp³-hybridized carbons (Fsp3) is 0.700. The lowest BCUT2D eigenvalue weighted by molar-refractivity contribution is -0.142. The number of hydrogen-bond acceptors (Lipinski definition) is 3. The highest BCUT2D eigenvalue weighted by atomic mass is 32.2. The molecule has 1 fully saturated rings. The average Bonchev–Trinajstić information content (AvgIpc) is 2.17. The molecule has 0 saturated carbocycles. The van der Waals surface area contributed by atoms with Crippen LogP contribution in [-0.4, -0.2) is 24.1 Å². The summed E-state index contributed by atoms with van der Waals surface area (Å²) in [6.45, 7) is 2.32. The molecular formula is C10H16O2S. The van der Waals surface area contributed by atoms with E-state index in [-0.39, 0.29) is 5.97 Å². The van der Waals surface area contributed by atoms with E-state index in [2.05, 4.69) is 0 Å². The molecule has 0 aromatic rings. The van der Waals surface area contributed by atoms with Gasteiger partial charge in [0.2, 0.25) is 0 Å². The Hall–Kier alpha value is -0.440. The van der Waals surface area contributed by atoms with E-state index in [1.807, 2.05) is 24.8 Å². The number of thioether (sulfide) groups is 1.